The quantitative estimate of drug-likeness (QED) is 0.498. The predicted molar refractivity (Wildman–Crippen MR) is 110 cm³/mol. The summed E-state index contributed by atoms with van der Waals surface area (Å²) in [5.74, 6) is -0.637. The highest BCUT2D eigenvalue weighted by atomic mass is 35.5. The fourth-order valence-corrected chi connectivity index (χ4v) is 4.24. The Balaban J connectivity index is 2.09. The molecule has 2 aromatic rings. The molecule has 0 bridgehead atoms. The van der Waals surface area contributed by atoms with Crippen molar-refractivity contribution in [3.63, 3.8) is 0 Å². The second-order valence-electron chi connectivity index (χ2n) is 7.20. The maximum atomic E-state index is 14.4. The molecule has 1 aliphatic rings. The summed E-state index contributed by atoms with van der Waals surface area (Å²) in [6.45, 7) is 7.62. The van der Waals surface area contributed by atoms with Gasteiger partial charge in [-0.3, -0.25) is 4.79 Å². The average Bonchev–Trinajstić information content (AvgIpc) is 2.82. The molecule has 1 atom stereocenters. The smallest absolute Gasteiger partial charge is 0.255 e. The summed E-state index contributed by atoms with van der Waals surface area (Å²) in [7, 11) is 0. The largest absolute Gasteiger partial charge is 0.323 e. The molecular formula is C21H19Cl3FNO. The van der Waals surface area contributed by atoms with E-state index in [0.717, 1.165) is 11.1 Å². The molecule has 0 spiro atoms. The van der Waals surface area contributed by atoms with Gasteiger partial charge in [-0.2, -0.15) is 0 Å². The van der Waals surface area contributed by atoms with Crippen molar-refractivity contribution in [2.45, 2.75) is 39.3 Å². The fraction of sp³-hybridized carbons (Fsp3) is 0.286. The van der Waals surface area contributed by atoms with E-state index < -0.39 is 11.4 Å². The lowest BCUT2D eigenvalue weighted by Crippen LogP contribution is -2.47. The van der Waals surface area contributed by atoms with Gasteiger partial charge in [0, 0.05) is 5.56 Å². The molecule has 0 saturated carbocycles. The van der Waals surface area contributed by atoms with Crippen LogP contribution in [0.25, 0.3) is 5.57 Å². The van der Waals surface area contributed by atoms with Crippen molar-refractivity contribution in [3.05, 3.63) is 74.0 Å². The molecule has 1 unspecified atom stereocenters. The highest BCUT2D eigenvalue weighted by molar-refractivity contribution is 6.48. The van der Waals surface area contributed by atoms with Gasteiger partial charge in [-0.05, 0) is 57.0 Å². The zero-order valence-electron chi connectivity index (χ0n) is 15.4. The summed E-state index contributed by atoms with van der Waals surface area (Å²) < 4.78 is 14.4. The molecule has 0 aliphatic carbocycles. The molecule has 1 aliphatic heterocycles. The summed E-state index contributed by atoms with van der Waals surface area (Å²) in [5.41, 5.74) is 1.56. The standard InChI is InChI=1S/C21H19Cl3FNO/c1-11-12(2)26(20(27)18(11)14-7-5-6-8-17(14)25)21(3,4)13-9-15(22)19(24)16(23)10-13/h5-10,12H,1-4H3. The van der Waals surface area contributed by atoms with E-state index in [0.29, 0.717) is 21.2 Å². The first-order chi connectivity index (χ1) is 12.6. The van der Waals surface area contributed by atoms with Crippen molar-refractivity contribution in [1.29, 1.82) is 0 Å². The van der Waals surface area contributed by atoms with Crippen LogP contribution in [-0.2, 0) is 10.3 Å². The molecule has 2 aromatic carbocycles. The Morgan fingerprint density at radius 2 is 1.63 bits per heavy atom. The van der Waals surface area contributed by atoms with Crippen LogP contribution in [0, 0.1) is 5.82 Å². The van der Waals surface area contributed by atoms with E-state index in [1.165, 1.54) is 6.07 Å². The number of hydrogen-bond donors (Lipinski definition) is 0. The molecule has 0 fully saturated rings. The van der Waals surface area contributed by atoms with Gasteiger partial charge in [0.05, 0.1) is 32.2 Å². The molecule has 6 heteroatoms. The number of rotatable bonds is 3. The molecule has 0 saturated heterocycles. The van der Waals surface area contributed by atoms with E-state index in [1.54, 1.807) is 35.2 Å². The van der Waals surface area contributed by atoms with Crippen molar-refractivity contribution in [1.82, 2.24) is 4.90 Å². The highest BCUT2D eigenvalue weighted by Crippen LogP contribution is 2.43. The van der Waals surface area contributed by atoms with Crippen LogP contribution >= 0.6 is 34.8 Å². The van der Waals surface area contributed by atoms with E-state index in [-0.39, 0.29) is 17.0 Å². The number of carbonyl (C=O) groups is 1. The van der Waals surface area contributed by atoms with E-state index in [4.69, 9.17) is 34.8 Å². The first-order valence-corrected chi connectivity index (χ1v) is 9.65. The topological polar surface area (TPSA) is 20.3 Å². The molecule has 0 aromatic heterocycles. The lowest BCUT2D eigenvalue weighted by molar-refractivity contribution is -0.130. The van der Waals surface area contributed by atoms with Crippen molar-refractivity contribution >= 4 is 46.3 Å². The Kier molecular flexibility index (Phi) is 5.33. The third-order valence-corrected chi connectivity index (χ3v) is 6.47. The van der Waals surface area contributed by atoms with Crippen molar-refractivity contribution in [2.75, 3.05) is 0 Å². The minimum absolute atomic E-state index is 0.213. The molecule has 2 nitrogen and oxygen atoms in total. The monoisotopic (exact) mass is 425 g/mol. The molecular weight excluding hydrogens is 408 g/mol. The van der Waals surface area contributed by atoms with Crippen LogP contribution in [-0.4, -0.2) is 16.8 Å². The summed E-state index contributed by atoms with van der Waals surface area (Å²) in [4.78, 5) is 15.1. The van der Waals surface area contributed by atoms with Crippen molar-refractivity contribution in [3.8, 4) is 0 Å². The van der Waals surface area contributed by atoms with Crippen LogP contribution in [0.15, 0.2) is 42.0 Å². The second-order valence-corrected chi connectivity index (χ2v) is 8.39. The van der Waals surface area contributed by atoms with E-state index in [2.05, 4.69) is 0 Å². The molecule has 1 heterocycles. The first kappa shape index (κ1) is 20.2. The Morgan fingerprint density at radius 3 is 2.19 bits per heavy atom. The third kappa shape index (κ3) is 3.26. The summed E-state index contributed by atoms with van der Waals surface area (Å²) in [6.07, 6.45) is 0. The fourth-order valence-electron chi connectivity index (χ4n) is 3.64. The number of amides is 1. The molecule has 1 amide bonds. The summed E-state index contributed by atoms with van der Waals surface area (Å²) >= 11 is 18.5. The molecule has 0 radical (unpaired) electrons. The lowest BCUT2D eigenvalue weighted by atomic mass is 9.91. The number of benzene rings is 2. The van der Waals surface area contributed by atoms with Gasteiger partial charge in [-0.25, -0.2) is 4.39 Å². The number of nitrogens with zero attached hydrogens (tertiary/aromatic N) is 1. The van der Waals surface area contributed by atoms with Gasteiger partial charge in [-0.1, -0.05) is 53.0 Å². The van der Waals surface area contributed by atoms with Gasteiger partial charge < -0.3 is 4.90 Å². The van der Waals surface area contributed by atoms with Crippen molar-refractivity contribution in [2.24, 2.45) is 0 Å². The Hall–Kier alpha value is -1.55. The minimum atomic E-state index is -0.733. The Labute approximate surface area is 173 Å². The van der Waals surface area contributed by atoms with Gasteiger partial charge in [0.1, 0.15) is 5.82 Å². The number of hydrogen-bond acceptors (Lipinski definition) is 1. The van der Waals surface area contributed by atoms with E-state index in [1.807, 2.05) is 27.7 Å². The third-order valence-electron chi connectivity index (χ3n) is 5.28. The molecule has 142 valence electrons. The number of carbonyl (C=O) groups excluding carboxylic acids is 1. The normalized spacial score (nSPS) is 17.9. The second kappa shape index (κ2) is 7.12. The van der Waals surface area contributed by atoms with Crippen LogP contribution in [0.3, 0.4) is 0 Å². The summed E-state index contributed by atoms with van der Waals surface area (Å²) in [5, 5.41) is 0.927. The molecule has 3 rings (SSSR count). The van der Waals surface area contributed by atoms with E-state index >= 15 is 0 Å². The van der Waals surface area contributed by atoms with Crippen LogP contribution in [0.2, 0.25) is 15.1 Å². The van der Waals surface area contributed by atoms with E-state index in [9.17, 15) is 9.18 Å². The average molecular weight is 427 g/mol. The SMILES string of the molecule is CC1=C(c2ccccc2F)C(=O)N(C(C)(C)c2cc(Cl)c(Cl)c(Cl)c2)C1C. The maximum Gasteiger partial charge on any atom is 0.255 e. The Morgan fingerprint density at radius 1 is 1.07 bits per heavy atom. The number of halogens is 4. The Bertz CT molecular complexity index is 945. The maximum absolute atomic E-state index is 14.4. The molecule has 0 N–H and O–H groups in total. The first-order valence-electron chi connectivity index (χ1n) is 8.51. The van der Waals surface area contributed by atoms with Gasteiger partial charge >= 0.3 is 0 Å². The zero-order chi connectivity index (χ0) is 20.1. The van der Waals surface area contributed by atoms with Crippen molar-refractivity contribution < 1.29 is 9.18 Å². The van der Waals surface area contributed by atoms with Crippen LogP contribution < -0.4 is 0 Å². The van der Waals surface area contributed by atoms with Crippen LogP contribution in [0.5, 0.6) is 0 Å². The summed E-state index contributed by atoms with van der Waals surface area (Å²) in [6, 6.07) is 9.54. The van der Waals surface area contributed by atoms with Gasteiger partial charge in [-0.15, -0.1) is 0 Å². The van der Waals surface area contributed by atoms with Gasteiger partial charge in [0.2, 0.25) is 0 Å². The van der Waals surface area contributed by atoms with Gasteiger partial charge in [0.15, 0.2) is 0 Å². The zero-order valence-corrected chi connectivity index (χ0v) is 17.7. The highest BCUT2D eigenvalue weighted by Gasteiger charge is 2.44. The van der Waals surface area contributed by atoms with Gasteiger partial charge in [0.25, 0.3) is 5.91 Å². The van der Waals surface area contributed by atoms with Crippen LogP contribution in [0.1, 0.15) is 38.8 Å². The predicted octanol–water partition coefficient (Wildman–Crippen LogP) is 6.73. The molecule has 27 heavy (non-hydrogen) atoms. The lowest BCUT2D eigenvalue weighted by Gasteiger charge is -2.40. The minimum Gasteiger partial charge on any atom is -0.323 e. The van der Waals surface area contributed by atoms with Crippen LogP contribution in [0.4, 0.5) is 4.39 Å².